The molecule has 0 N–H and O–H groups in total. The van der Waals surface area contributed by atoms with E-state index in [4.69, 9.17) is 9.47 Å². The fraction of sp³-hybridized carbons (Fsp3) is 0.400. The van der Waals surface area contributed by atoms with Crippen molar-refractivity contribution < 1.29 is 27.4 Å². The van der Waals surface area contributed by atoms with Crippen molar-refractivity contribution in [1.82, 2.24) is 9.88 Å². The topological polar surface area (TPSA) is 51.7 Å². The lowest BCUT2D eigenvalue weighted by molar-refractivity contribution is -0.141. The summed E-state index contributed by atoms with van der Waals surface area (Å²) >= 11 is 0. The van der Waals surface area contributed by atoms with Crippen molar-refractivity contribution in [2.24, 2.45) is 0 Å². The molecule has 1 aliphatic rings. The predicted octanol–water partition coefficient (Wildman–Crippen LogP) is 3.29. The number of carbonyl (C=O) groups excluding carboxylic acids is 1. The van der Waals surface area contributed by atoms with Crippen molar-refractivity contribution in [3.63, 3.8) is 0 Å². The van der Waals surface area contributed by atoms with Gasteiger partial charge in [0.1, 0.15) is 5.69 Å². The molecule has 28 heavy (non-hydrogen) atoms. The zero-order valence-electron chi connectivity index (χ0n) is 15.7. The number of rotatable bonds is 4. The first-order chi connectivity index (χ1) is 13.3. The Morgan fingerprint density at radius 2 is 1.64 bits per heavy atom. The quantitative estimate of drug-likeness (QED) is 0.799. The number of alkyl halides is 3. The highest BCUT2D eigenvalue weighted by molar-refractivity contribution is 5.78. The molecule has 2 aromatic rings. The third kappa shape index (κ3) is 4.37. The number of nitrogens with zero attached hydrogens (tertiary/aromatic N) is 2. The van der Waals surface area contributed by atoms with Gasteiger partial charge >= 0.3 is 6.18 Å². The average molecular weight is 394 g/mol. The van der Waals surface area contributed by atoms with Crippen LogP contribution in [0.3, 0.4) is 0 Å². The zero-order valence-corrected chi connectivity index (χ0v) is 15.7. The Labute approximate surface area is 161 Å². The molecule has 0 atom stereocenters. The molecule has 0 bridgehead atoms. The number of aromatic nitrogens is 1. The summed E-state index contributed by atoms with van der Waals surface area (Å²) in [6.45, 7) is 1.07. The molecular formula is C20H21F3N2O3. The van der Waals surface area contributed by atoms with Crippen LogP contribution in [0.2, 0.25) is 0 Å². The highest BCUT2D eigenvalue weighted by Gasteiger charge is 2.32. The SMILES string of the molecule is COc1cc2c(cc1OC)CCN(C(=O)Cc1ccc(C(F)(F)F)nc1)CC2. The van der Waals surface area contributed by atoms with E-state index in [1.54, 1.807) is 19.1 Å². The van der Waals surface area contributed by atoms with E-state index in [1.807, 2.05) is 12.1 Å². The van der Waals surface area contributed by atoms with Gasteiger partial charge in [0.2, 0.25) is 5.91 Å². The molecule has 0 spiro atoms. The molecule has 150 valence electrons. The highest BCUT2D eigenvalue weighted by Crippen LogP contribution is 2.32. The minimum absolute atomic E-state index is 0.0219. The van der Waals surface area contributed by atoms with E-state index in [-0.39, 0.29) is 12.3 Å². The van der Waals surface area contributed by atoms with Gasteiger partial charge in [0.15, 0.2) is 11.5 Å². The normalized spacial score (nSPS) is 14.2. The minimum Gasteiger partial charge on any atom is -0.493 e. The van der Waals surface area contributed by atoms with Crippen LogP contribution < -0.4 is 9.47 Å². The maximum Gasteiger partial charge on any atom is 0.433 e. The van der Waals surface area contributed by atoms with Crippen molar-refractivity contribution in [1.29, 1.82) is 0 Å². The third-order valence-electron chi connectivity index (χ3n) is 4.83. The minimum atomic E-state index is -4.48. The molecule has 5 nitrogen and oxygen atoms in total. The molecule has 1 aromatic heterocycles. The summed E-state index contributed by atoms with van der Waals surface area (Å²) in [6.07, 6.45) is -2.00. The molecule has 0 unspecified atom stereocenters. The maximum absolute atomic E-state index is 12.6. The van der Waals surface area contributed by atoms with Gasteiger partial charge in [-0.1, -0.05) is 6.07 Å². The second-order valence-electron chi connectivity index (χ2n) is 6.58. The number of pyridine rings is 1. The Hall–Kier alpha value is -2.77. The largest absolute Gasteiger partial charge is 0.493 e. The van der Waals surface area contributed by atoms with Crippen molar-refractivity contribution in [3.05, 3.63) is 52.8 Å². The van der Waals surface area contributed by atoms with Crippen LogP contribution in [-0.2, 0) is 30.2 Å². The molecule has 8 heteroatoms. The summed E-state index contributed by atoms with van der Waals surface area (Å²) < 4.78 is 48.5. The molecule has 0 saturated heterocycles. The van der Waals surface area contributed by atoms with Crippen LogP contribution in [0.5, 0.6) is 11.5 Å². The molecular weight excluding hydrogens is 373 g/mol. The van der Waals surface area contributed by atoms with Crippen molar-refractivity contribution in [2.45, 2.75) is 25.4 Å². The van der Waals surface area contributed by atoms with Gasteiger partial charge in [-0.05, 0) is 47.7 Å². The van der Waals surface area contributed by atoms with E-state index in [2.05, 4.69) is 4.98 Å². The van der Waals surface area contributed by atoms with Crippen LogP contribution >= 0.6 is 0 Å². The number of fused-ring (bicyclic) bond motifs is 1. The summed E-state index contributed by atoms with van der Waals surface area (Å²) in [5.74, 6) is 1.17. The summed E-state index contributed by atoms with van der Waals surface area (Å²) in [7, 11) is 3.16. The monoisotopic (exact) mass is 394 g/mol. The average Bonchev–Trinajstić information content (AvgIpc) is 2.88. The van der Waals surface area contributed by atoms with Gasteiger partial charge in [-0.2, -0.15) is 13.2 Å². The number of hydrogen-bond acceptors (Lipinski definition) is 4. The Balaban J connectivity index is 1.67. The summed E-state index contributed by atoms with van der Waals surface area (Å²) in [5, 5.41) is 0. The van der Waals surface area contributed by atoms with Gasteiger partial charge in [-0.3, -0.25) is 9.78 Å². The number of benzene rings is 1. The molecule has 3 rings (SSSR count). The molecule has 0 saturated carbocycles. The Kier molecular flexibility index (Phi) is 5.76. The molecule has 1 amide bonds. The van der Waals surface area contributed by atoms with E-state index in [0.29, 0.717) is 43.0 Å². The number of amides is 1. The van der Waals surface area contributed by atoms with Gasteiger partial charge in [-0.15, -0.1) is 0 Å². The van der Waals surface area contributed by atoms with E-state index in [0.717, 1.165) is 23.4 Å². The maximum atomic E-state index is 12.6. The van der Waals surface area contributed by atoms with Gasteiger partial charge in [0.05, 0.1) is 20.6 Å². The van der Waals surface area contributed by atoms with E-state index >= 15 is 0 Å². The molecule has 0 fully saturated rings. The number of halogens is 3. The van der Waals surface area contributed by atoms with Gasteiger partial charge < -0.3 is 14.4 Å². The smallest absolute Gasteiger partial charge is 0.433 e. The Bertz CT molecular complexity index is 816. The summed E-state index contributed by atoms with van der Waals surface area (Å²) in [5.41, 5.74) is 1.70. The third-order valence-corrected chi connectivity index (χ3v) is 4.83. The highest BCUT2D eigenvalue weighted by atomic mass is 19.4. The Morgan fingerprint density at radius 1 is 1.07 bits per heavy atom. The lowest BCUT2D eigenvalue weighted by Gasteiger charge is -2.20. The lowest BCUT2D eigenvalue weighted by atomic mass is 10.0. The van der Waals surface area contributed by atoms with Crippen molar-refractivity contribution in [2.75, 3.05) is 27.3 Å². The van der Waals surface area contributed by atoms with Crippen LogP contribution in [0.15, 0.2) is 30.5 Å². The fourth-order valence-corrected chi connectivity index (χ4v) is 3.28. The van der Waals surface area contributed by atoms with Crippen molar-refractivity contribution in [3.8, 4) is 11.5 Å². The first kappa shape index (κ1) is 20.0. The van der Waals surface area contributed by atoms with Crippen molar-refractivity contribution >= 4 is 5.91 Å². The second kappa shape index (κ2) is 8.08. The Morgan fingerprint density at radius 3 is 2.07 bits per heavy atom. The lowest BCUT2D eigenvalue weighted by Crippen LogP contribution is -2.34. The van der Waals surface area contributed by atoms with Crippen LogP contribution in [-0.4, -0.2) is 43.1 Å². The fourth-order valence-electron chi connectivity index (χ4n) is 3.28. The van der Waals surface area contributed by atoms with Crippen LogP contribution in [0.25, 0.3) is 0 Å². The molecule has 1 aliphatic heterocycles. The van der Waals surface area contributed by atoms with Gasteiger partial charge in [0, 0.05) is 19.3 Å². The van der Waals surface area contributed by atoms with Gasteiger partial charge in [-0.25, -0.2) is 0 Å². The van der Waals surface area contributed by atoms with Crippen LogP contribution in [0.1, 0.15) is 22.4 Å². The predicted molar refractivity (Wildman–Crippen MR) is 96.5 cm³/mol. The van der Waals surface area contributed by atoms with E-state index in [9.17, 15) is 18.0 Å². The number of hydrogen-bond donors (Lipinski definition) is 0. The number of carbonyl (C=O) groups is 1. The van der Waals surface area contributed by atoms with Gasteiger partial charge in [0.25, 0.3) is 0 Å². The van der Waals surface area contributed by atoms with Crippen LogP contribution in [0.4, 0.5) is 13.2 Å². The summed E-state index contributed by atoms with van der Waals surface area (Å²) in [4.78, 5) is 17.8. The molecule has 0 aliphatic carbocycles. The first-order valence-corrected chi connectivity index (χ1v) is 8.85. The molecule has 0 radical (unpaired) electrons. The molecule has 1 aromatic carbocycles. The summed E-state index contributed by atoms with van der Waals surface area (Å²) in [6, 6.07) is 6.07. The number of methoxy groups -OCH3 is 2. The van der Waals surface area contributed by atoms with E-state index in [1.165, 1.54) is 6.07 Å². The number of ether oxygens (including phenoxy) is 2. The standard InChI is InChI=1S/C20H21F3N2O3/c1-27-16-10-14-5-7-25(8-6-15(14)11-17(16)28-2)19(26)9-13-3-4-18(24-12-13)20(21,22)23/h3-4,10-12H,5-9H2,1-2H3. The first-order valence-electron chi connectivity index (χ1n) is 8.85. The molecule has 2 heterocycles. The van der Waals surface area contributed by atoms with E-state index < -0.39 is 11.9 Å². The second-order valence-corrected chi connectivity index (χ2v) is 6.58. The zero-order chi connectivity index (χ0) is 20.3. The van der Waals surface area contributed by atoms with Crippen LogP contribution in [0, 0.1) is 0 Å².